The van der Waals surface area contributed by atoms with Crippen molar-refractivity contribution in [1.82, 2.24) is 9.99 Å². The highest BCUT2D eigenvalue weighted by molar-refractivity contribution is 6.30. The minimum Gasteiger partial charge on any atom is -0.463 e. The van der Waals surface area contributed by atoms with E-state index in [1.165, 1.54) is 5.01 Å². The standard InChI is InChI=1S/C21H20ClN3O2/c1-12(2)21(26)25-17(11-16(24-25)18-8-5-9-27-18)15-10-14-7-4-6-13(3)19(14)23-20(15)22/h4-10,12,17H,11H2,1-3H3/t17-/m0/s1. The fourth-order valence-corrected chi connectivity index (χ4v) is 3.65. The van der Waals surface area contributed by atoms with Gasteiger partial charge in [-0.1, -0.05) is 43.6 Å². The fraction of sp³-hybridized carbons (Fsp3) is 0.286. The zero-order valence-corrected chi connectivity index (χ0v) is 16.2. The summed E-state index contributed by atoms with van der Waals surface area (Å²) >= 11 is 6.55. The van der Waals surface area contributed by atoms with Gasteiger partial charge < -0.3 is 4.42 Å². The molecule has 0 radical (unpaired) electrons. The van der Waals surface area contributed by atoms with Gasteiger partial charge in [-0.15, -0.1) is 0 Å². The Balaban J connectivity index is 1.80. The summed E-state index contributed by atoms with van der Waals surface area (Å²) < 4.78 is 5.49. The largest absolute Gasteiger partial charge is 0.463 e. The summed E-state index contributed by atoms with van der Waals surface area (Å²) in [5.41, 5.74) is 3.47. The zero-order chi connectivity index (χ0) is 19.1. The molecule has 0 spiro atoms. The third-order valence-electron chi connectivity index (χ3n) is 4.82. The van der Waals surface area contributed by atoms with Gasteiger partial charge in [0, 0.05) is 23.3 Å². The Morgan fingerprint density at radius 1 is 1.30 bits per heavy atom. The van der Waals surface area contributed by atoms with Gasteiger partial charge in [-0.25, -0.2) is 9.99 Å². The second-order valence-corrected chi connectivity index (χ2v) is 7.45. The molecule has 1 aliphatic heterocycles. The van der Waals surface area contributed by atoms with E-state index in [1.54, 1.807) is 6.26 Å². The number of halogens is 1. The number of nitrogens with zero attached hydrogens (tertiary/aromatic N) is 3. The number of pyridine rings is 1. The van der Waals surface area contributed by atoms with Crippen LogP contribution < -0.4 is 0 Å². The van der Waals surface area contributed by atoms with Gasteiger partial charge in [0.2, 0.25) is 5.91 Å². The number of benzene rings is 1. The monoisotopic (exact) mass is 381 g/mol. The van der Waals surface area contributed by atoms with E-state index in [-0.39, 0.29) is 17.9 Å². The third kappa shape index (κ3) is 3.12. The molecule has 0 aliphatic carbocycles. The van der Waals surface area contributed by atoms with E-state index >= 15 is 0 Å². The molecule has 2 aromatic heterocycles. The van der Waals surface area contributed by atoms with E-state index in [0.29, 0.717) is 17.3 Å². The summed E-state index contributed by atoms with van der Waals surface area (Å²) in [4.78, 5) is 17.4. The summed E-state index contributed by atoms with van der Waals surface area (Å²) in [6, 6.07) is 11.4. The minimum atomic E-state index is -0.301. The van der Waals surface area contributed by atoms with Crippen LogP contribution in [-0.4, -0.2) is 21.6 Å². The molecule has 3 aromatic rings. The van der Waals surface area contributed by atoms with Crippen LogP contribution in [0.25, 0.3) is 10.9 Å². The van der Waals surface area contributed by atoms with Crippen LogP contribution >= 0.6 is 11.6 Å². The predicted octanol–water partition coefficient (Wildman–Crippen LogP) is 5.12. The van der Waals surface area contributed by atoms with E-state index in [2.05, 4.69) is 10.1 Å². The molecule has 1 amide bonds. The topological polar surface area (TPSA) is 58.7 Å². The van der Waals surface area contributed by atoms with Crippen molar-refractivity contribution >= 4 is 34.1 Å². The molecule has 27 heavy (non-hydrogen) atoms. The smallest absolute Gasteiger partial charge is 0.245 e. The lowest BCUT2D eigenvalue weighted by Crippen LogP contribution is -2.30. The van der Waals surface area contributed by atoms with Crippen molar-refractivity contribution in [1.29, 1.82) is 0 Å². The normalized spacial score (nSPS) is 17.0. The molecule has 138 valence electrons. The van der Waals surface area contributed by atoms with Crippen LogP contribution in [0.3, 0.4) is 0 Å². The Bertz CT molecular complexity index is 1040. The summed E-state index contributed by atoms with van der Waals surface area (Å²) in [6.07, 6.45) is 2.14. The first-order valence-electron chi connectivity index (χ1n) is 8.96. The molecular weight excluding hydrogens is 362 g/mol. The number of fused-ring (bicyclic) bond motifs is 1. The maximum atomic E-state index is 12.8. The molecule has 6 heteroatoms. The Morgan fingerprint density at radius 2 is 2.11 bits per heavy atom. The highest BCUT2D eigenvalue weighted by atomic mass is 35.5. The van der Waals surface area contributed by atoms with Crippen molar-refractivity contribution in [2.45, 2.75) is 33.2 Å². The summed E-state index contributed by atoms with van der Waals surface area (Å²) in [5, 5.41) is 7.50. The number of carbonyl (C=O) groups is 1. The first-order valence-corrected chi connectivity index (χ1v) is 9.33. The van der Waals surface area contributed by atoms with Crippen molar-refractivity contribution in [2.75, 3.05) is 0 Å². The quantitative estimate of drug-likeness (QED) is 0.591. The van der Waals surface area contributed by atoms with Gasteiger partial charge in [0.25, 0.3) is 0 Å². The van der Waals surface area contributed by atoms with E-state index in [9.17, 15) is 4.79 Å². The molecule has 3 heterocycles. The Hall–Kier alpha value is -2.66. The van der Waals surface area contributed by atoms with Crippen LogP contribution in [0.2, 0.25) is 5.15 Å². The van der Waals surface area contributed by atoms with E-state index < -0.39 is 0 Å². The molecule has 1 atom stereocenters. The van der Waals surface area contributed by atoms with Crippen molar-refractivity contribution in [3.05, 3.63) is 64.7 Å². The molecule has 0 saturated heterocycles. The third-order valence-corrected chi connectivity index (χ3v) is 5.13. The SMILES string of the molecule is Cc1cccc2cc([C@@H]3CC(c4ccco4)=NN3C(=O)C(C)C)c(Cl)nc12. The number of para-hydroxylation sites is 1. The summed E-state index contributed by atoms with van der Waals surface area (Å²) in [5.74, 6) is 0.434. The lowest BCUT2D eigenvalue weighted by Gasteiger charge is -2.24. The minimum absolute atomic E-state index is 0.0537. The fourth-order valence-electron chi connectivity index (χ4n) is 3.39. The molecule has 0 fully saturated rings. The number of rotatable bonds is 3. The highest BCUT2D eigenvalue weighted by Crippen LogP contribution is 2.38. The van der Waals surface area contributed by atoms with Crippen LogP contribution in [0.5, 0.6) is 0 Å². The number of furan rings is 1. The number of aryl methyl sites for hydroxylation is 1. The van der Waals surface area contributed by atoms with Gasteiger partial charge in [0.15, 0.2) is 0 Å². The van der Waals surface area contributed by atoms with E-state index in [0.717, 1.165) is 27.7 Å². The maximum Gasteiger partial charge on any atom is 0.245 e. The number of carbonyl (C=O) groups excluding carboxylic acids is 1. The molecule has 1 aromatic carbocycles. The van der Waals surface area contributed by atoms with E-state index in [1.807, 2.05) is 57.2 Å². The van der Waals surface area contributed by atoms with Gasteiger partial charge in [-0.05, 0) is 30.7 Å². The van der Waals surface area contributed by atoms with E-state index in [4.69, 9.17) is 16.0 Å². The number of hydrogen-bond acceptors (Lipinski definition) is 4. The Labute approximate surface area is 162 Å². The van der Waals surface area contributed by atoms with Gasteiger partial charge >= 0.3 is 0 Å². The molecule has 0 N–H and O–H groups in total. The highest BCUT2D eigenvalue weighted by Gasteiger charge is 2.36. The first kappa shape index (κ1) is 17.7. The van der Waals surface area contributed by atoms with Crippen LogP contribution in [-0.2, 0) is 4.79 Å². The van der Waals surface area contributed by atoms with Crippen LogP contribution in [0, 0.1) is 12.8 Å². The number of aromatic nitrogens is 1. The lowest BCUT2D eigenvalue weighted by molar-refractivity contribution is -0.136. The van der Waals surface area contributed by atoms with Crippen LogP contribution in [0.4, 0.5) is 0 Å². The van der Waals surface area contributed by atoms with Gasteiger partial charge in [0.1, 0.15) is 16.6 Å². The molecule has 1 aliphatic rings. The Kier molecular flexibility index (Phi) is 4.48. The van der Waals surface area contributed by atoms with Crippen molar-refractivity contribution in [2.24, 2.45) is 11.0 Å². The maximum absolute atomic E-state index is 12.8. The number of amides is 1. The Morgan fingerprint density at radius 3 is 2.81 bits per heavy atom. The number of hydrogen-bond donors (Lipinski definition) is 0. The van der Waals surface area contributed by atoms with Gasteiger partial charge in [0.05, 0.1) is 17.8 Å². The molecule has 4 rings (SSSR count). The molecule has 0 unspecified atom stereocenters. The van der Waals surface area contributed by atoms with Crippen LogP contribution in [0.15, 0.2) is 52.2 Å². The van der Waals surface area contributed by atoms with Crippen molar-refractivity contribution < 1.29 is 9.21 Å². The first-order chi connectivity index (χ1) is 13.0. The average molecular weight is 382 g/mol. The lowest BCUT2D eigenvalue weighted by atomic mass is 9.99. The predicted molar refractivity (Wildman–Crippen MR) is 106 cm³/mol. The molecule has 5 nitrogen and oxygen atoms in total. The van der Waals surface area contributed by atoms with Crippen LogP contribution in [0.1, 0.15) is 43.2 Å². The van der Waals surface area contributed by atoms with Crippen molar-refractivity contribution in [3.63, 3.8) is 0 Å². The molecular formula is C21H20ClN3O2. The molecule has 0 bridgehead atoms. The van der Waals surface area contributed by atoms with Crippen molar-refractivity contribution in [3.8, 4) is 0 Å². The second-order valence-electron chi connectivity index (χ2n) is 7.10. The summed E-state index contributed by atoms with van der Waals surface area (Å²) in [6.45, 7) is 5.74. The molecule has 0 saturated carbocycles. The number of hydrazone groups is 1. The summed E-state index contributed by atoms with van der Waals surface area (Å²) in [7, 11) is 0. The van der Waals surface area contributed by atoms with Gasteiger partial charge in [-0.2, -0.15) is 5.10 Å². The van der Waals surface area contributed by atoms with Gasteiger partial charge in [-0.3, -0.25) is 4.79 Å². The second kappa shape index (κ2) is 6.82. The zero-order valence-electron chi connectivity index (χ0n) is 15.4. The average Bonchev–Trinajstić information content (AvgIpc) is 3.31.